The molecule has 0 bridgehead atoms. The number of amides is 1. The summed E-state index contributed by atoms with van der Waals surface area (Å²) in [4.78, 5) is 53.6. The van der Waals surface area contributed by atoms with Gasteiger partial charge in [0.1, 0.15) is 5.82 Å². The lowest BCUT2D eigenvalue weighted by Gasteiger charge is -2.26. The fourth-order valence-corrected chi connectivity index (χ4v) is 3.18. The molecule has 174 valence electrons. The van der Waals surface area contributed by atoms with Crippen LogP contribution in [0.5, 0.6) is 0 Å². The van der Waals surface area contributed by atoms with Gasteiger partial charge in [0, 0.05) is 12.6 Å². The first-order valence-corrected chi connectivity index (χ1v) is 10.2. The van der Waals surface area contributed by atoms with Crippen molar-refractivity contribution in [2.45, 2.75) is 27.3 Å². The number of nitrogens with zero attached hydrogens (tertiary/aromatic N) is 3. The second kappa shape index (κ2) is 9.98. The number of nitrogens with one attached hydrogen (secondary N) is 1. The van der Waals surface area contributed by atoms with Gasteiger partial charge in [-0.3, -0.25) is 19.1 Å². The summed E-state index contributed by atoms with van der Waals surface area (Å²) in [6.45, 7) is 4.85. The Hall–Kier alpha value is -4.15. The average molecular weight is 455 g/mol. The standard InChI is InChI=1S/C22H25N5O6/c1-13(2)10-26(17(28)12-32-21(30)16-9-14(3)25-33-16)18-19(23)27(22(31)24-20(18)29)11-15-7-5-4-6-8-15/h4-9,13H,10-12,23H2,1-3H3,(H,24,29,31). The predicted molar refractivity (Wildman–Crippen MR) is 120 cm³/mol. The van der Waals surface area contributed by atoms with E-state index < -0.39 is 29.7 Å². The van der Waals surface area contributed by atoms with E-state index in [0.29, 0.717) is 5.69 Å². The molecular formula is C22H25N5O6. The van der Waals surface area contributed by atoms with Crippen LogP contribution in [-0.2, 0) is 16.1 Å². The zero-order chi connectivity index (χ0) is 24.1. The number of carbonyl (C=O) groups excluding carboxylic acids is 2. The van der Waals surface area contributed by atoms with Gasteiger partial charge in [0.05, 0.1) is 12.2 Å². The average Bonchev–Trinajstić information content (AvgIpc) is 3.20. The highest BCUT2D eigenvalue weighted by Crippen LogP contribution is 2.19. The van der Waals surface area contributed by atoms with Crippen LogP contribution in [0.15, 0.2) is 50.5 Å². The Morgan fingerprint density at radius 3 is 2.55 bits per heavy atom. The minimum absolute atomic E-state index is 0.0603. The molecule has 0 aliphatic heterocycles. The molecule has 0 unspecified atom stereocenters. The van der Waals surface area contributed by atoms with Crippen molar-refractivity contribution in [2.24, 2.45) is 5.92 Å². The molecule has 1 amide bonds. The van der Waals surface area contributed by atoms with Gasteiger partial charge in [-0.05, 0) is 18.4 Å². The number of carbonyl (C=O) groups is 2. The van der Waals surface area contributed by atoms with Gasteiger partial charge in [-0.15, -0.1) is 0 Å². The molecule has 11 heteroatoms. The smallest absolute Gasteiger partial charge is 0.377 e. The fraction of sp³-hybridized carbons (Fsp3) is 0.318. The van der Waals surface area contributed by atoms with Crippen LogP contribution >= 0.6 is 0 Å². The van der Waals surface area contributed by atoms with Crippen LogP contribution in [0.4, 0.5) is 11.5 Å². The molecule has 0 atom stereocenters. The number of esters is 1. The van der Waals surface area contributed by atoms with Gasteiger partial charge in [0.2, 0.25) is 5.76 Å². The fourth-order valence-electron chi connectivity index (χ4n) is 3.18. The zero-order valence-corrected chi connectivity index (χ0v) is 18.5. The van der Waals surface area contributed by atoms with Crippen molar-refractivity contribution < 1.29 is 18.8 Å². The van der Waals surface area contributed by atoms with Gasteiger partial charge < -0.3 is 19.9 Å². The minimum atomic E-state index is -0.871. The lowest BCUT2D eigenvalue weighted by molar-refractivity contribution is -0.121. The Morgan fingerprint density at radius 2 is 1.94 bits per heavy atom. The third kappa shape index (κ3) is 5.56. The van der Waals surface area contributed by atoms with Gasteiger partial charge in [0.15, 0.2) is 12.3 Å². The summed E-state index contributed by atoms with van der Waals surface area (Å²) in [6, 6.07) is 10.4. The molecule has 0 fully saturated rings. The maximum atomic E-state index is 13.0. The molecule has 3 N–H and O–H groups in total. The Labute approximate surface area is 188 Å². The van der Waals surface area contributed by atoms with Crippen LogP contribution in [0.25, 0.3) is 0 Å². The van der Waals surface area contributed by atoms with E-state index in [1.54, 1.807) is 19.1 Å². The molecule has 2 aromatic heterocycles. The van der Waals surface area contributed by atoms with Crippen molar-refractivity contribution in [3.8, 4) is 0 Å². The highest BCUT2D eigenvalue weighted by molar-refractivity contribution is 5.98. The number of aromatic amines is 1. The van der Waals surface area contributed by atoms with Crippen molar-refractivity contribution in [3.05, 3.63) is 74.3 Å². The SMILES string of the molecule is Cc1cc(C(=O)OCC(=O)N(CC(C)C)c2c(N)n(Cc3ccccc3)c(=O)[nH]c2=O)on1. The highest BCUT2D eigenvalue weighted by atomic mass is 16.6. The summed E-state index contributed by atoms with van der Waals surface area (Å²) < 4.78 is 11.0. The molecule has 0 aliphatic carbocycles. The molecule has 0 aliphatic rings. The lowest BCUT2D eigenvalue weighted by atomic mass is 10.2. The van der Waals surface area contributed by atoms with E-state index >= 15 is 0 Å². The Bertz CT molecular complexity index is 1260. The van der Waals surface area contributed by atoms with Crippen LogP contribution in [0.2, 0.25) is 0 Å². The molecule has 33 heavy (non-hydrogen) atoms. The number of aryl methyl sites for hydroxylation is 1. The van der Waals surface area contributed by atoms with Crippen LogP contribution < -0.4 is 21.9 Å². The number of rotatable bonds is 8. The molecule has 2 heterocycles. The molecule has 0 saturated carbocycles. The first kappa shape index (κ1) is 23.5. The van der Waals surface area contributed by atoms with Crippen molar-refractivity contribution in [1.29, 1.82) is 0 Å². The summed E-state index contributed by atoms with van der Waals surface area (Å²) in [5, 5.41) is 3.60. The van der Waals surface area contributed by atoms with Crippen LogP contribution in [0, 0.1) is 12.8 Å². The molecule has 0 spiro atoms. The van der Waals surface area contributed by atoms with Gasteiger partial charge in [-0.1, -0.05) is 49.3 Å². The largest absolute Gasteiger partial charge is 0.450 e. The monoisotopic (exact) mass is 455 g/mol. The number of ether oxygens (including phenoxy) is 1. The lowest BCUT2D eigenvalue weighted by Crippen LogP contribution is -2.44. The zero-order valence-electron chi connectivity index (χ0n) is 18.5. The molecule has 0 radical (unpaired) electrons. The molecule has 11 nitrogen and oxygen atoms in total. The van der Waals surface area contributed by atoms with Crippen LogP contribution in [0.3, 0.4) is 0 Å². The Morgan fingerprint density at radius 1 is 1.24 bits per heavy atom. The predicted octanol–water partition coefficient (Wildman–Crippen LogP) is 1.31. The van der Waals surface area contributed by atoms with Gasteiger partial charge in [-0.25, -0.2) is 9.59 Å². The minimum Gasteiger partial charge on any atom is -0.450 e. The van der Waals surface area contributed by atoms with Crippen molar-refractivity contribution in [1.82, 2.24) is 14.7 Å². The molecule has 0 saturated heterocycles. The van der Waals surface area contributed by atoms with Crippen LogP contribution in [-0.4, -0.2) is 39.7 Å². The van der Waals surface area contributed by atoms with E-state index in [1.807, 2.05) is 32.0 Å². The van der Waals surface area contributed by atoms with Crippen molar-refractivity contribution in [3.63, 3.8) is 0 Å². The number of benzene rings is 1. The second-order valence-electron chi connectivity index (χ2n) is 7.87. The summed E-state index contributed by atoms with van der Waals surface area (Å²) in [6.07, 6.45) is 0. The molecule has 3 rings (SSSR count). The maximum absolute atomic E-state index is 13.0. The summed E-state index contributed by atoms with van der Waals surface area (Å²) in [7, 11) is 0. The number of H-pyrrole nitrogens is 1. The number of aromatic nitrogens is 3. The molecule has 3 aromatic rings. The molecule has 1 aromatic carbocycles. The van der Waals surface area contributed by atoms with E-state index in [0.717, 1.165) is 10.5 Å². The maximum Gasteiger partial charge on any atom is 0.377 e. The highest BCUT2D eigenvalue weighted by Gasteiger charge is 2.26. The first-order valence-electron chi connectivity index (χ1n) is 10.2. The number of hydrogen-bond donors (Lipinski definition) is 2. The summed E-state index contributed by atoms with van der Waals surface area (Å²) in [5.74, 6) is -1.93. The Kier molecular flexibility index (Phi) is 7.11. The first-order chi connectivity index (χ1) is 15.7. The number of nitrogen functional groups attached to an aromatic ring is 1. The van der Waals surface area contributed by atoms with Crippen LogP contribution in [0.1, 0.15) is 35.7 Å². The number of hydrogen-bond acceptors (Lipinski definition) is 8. The summed E-state index contributed by atoms with van der Waals surface area (Å²) >= 11 is 0. The topological polar surface area (TPSA) is 154 Å². The third-order valence-corrected chi connectivity index (χ3v) is 4.67. The van der Waals surface area contributed by atoms with E-state index in [1.165, 1.54) is 10.6 Å². The van der Waals surface area contributed by atoms with Crippen molar-refractivity contribution >= 4 is 23.4 Å². The van der Waals surface area contributed by atoms with E-state index in [2.05, 4.69) is 10.1 Å². The second-order valence-corrected chi connectivity index (χ2v) is 7.87. The normalized spacial score (nSPS) is 10.9. The molecular weight excluding hydrogens is 430 g/mol. The Balaban J connectivity index is 1.91. The number of anilines is 2. The third-order valence-electron chi connectivity index (χ3n) is 4.67. The van der Waals surface area contributed by atoms with E-state index in [4.69, 9.17) is 15.0 Å². The van der Waals surface area contributed by atoms with Gasteiger partial charge >= 0.3 is 11.7 Å². The van der Waals surface area contributed by atoms with Crippen molar-refractivity contribution in [2.75, 3.05) is 23.8 Å². The summed E-state index contributed by atoms with van der Waals surface area (Å²) in [5.41, 5.74) is 5.78. The van der Waals surface area contributed by atoms with E-state index in [-0.39, 0.29) is 36.3 Å². The number of nitrogens with two attached hydrogens (primary N) is 1. The van der Waals surface area contributed by atoms with Gasteiger partial charge in [-0.2, -0.15) is 0 Å². The van der Waals surface area contributed by atoms with E-state index in [9.17, 15) is 19.2 Å². The quantitative estimate of drug-likeness (QED) is 0.482. The van der Waals surface area contributed by atoms with Gasteiger partial charge in [0.25, 0.3) is 11.5 Å².